The lowest BCUT2D eigenvalue weighted by Gasteiger charge is -1.91. The minimum atomic E-state index is 0.973. The van der Waals surface area contributed by atoms with Crippen molar-refractivity contribution in [3.8, 4) is 0 Å². The Morgan fingerprint density at radius 2 is 1.37 bits per heavy atom. The van der Waals surface area contributed by atoms with Crippen molar-refractivity contribution in [1.82, 2.24) is 0 Å². The first-order valence-electron chi connectivity index (χ1n) is 6.36. The van der Waals surface area contributed by atoms with E-state index in [4.69, 9.17) is 0 Å². The Morgan fingerprint density at radius 3 is 1.89 bits per heavy atom. The third-order valence-corrected chi connectivity index (χ3v) is 2.45. The highest BCUT2D eigenvalue weighted by atomic mass is 13.9. The number of hydrogen-bond acceptors (Lipinski definition) is 0. The maximum absolute atomic E-state index is 3.66. The van der Waals surface area contributed by atoms with Crippen molar-refractivity contribution in [3.05, 3.63) is 103 Å². The van der Waals surface area contributed by atoms with Crippen molar-refractivity contribution in [2.24, 2.45) is 0 Å². The Balaban J connectivity index is 0.000000191. The summed E-state index contributed by atoms with van der Waals surface area (Å²) in [5.41, 5.74) is 2.54. The molecule has 0 radical (unpaired) electrons. The van der Waals surface area contributed by atoms with Crippen molar-refractivity contribution >= 4 is 6.08 Å². The smallest absolute Gasteiger partial charge is 0.0100 e. The summed E-state index contributed by atoms with van der Waals surface area (Å²) in [7, 11) is 0. The lowest BCUT2D eigenvalue weighted by Crippen LogP contribution is -1.75. The van der Waals surface area contributed by atoms with Crippen LogP contribution >= 0.6 is 0 Å². The van der Waals surface area contributed by atoms with Gasteiger partial charge in [0.25, 0.3) is 0 Å². The van der Waals surface area contributed by atoms with Crippen LogP contribution in [0.5, 0.6) is 0 Å². The molecule has 0 saturated heterocycles. The van der Waals surface area contributed by atoms with Gasteiger partial charge in [0.05, 0.1) is 0 Å². The van der Waals surface area contributed by atoms with E-state index in [1.807, 2.05) is 54.6 Å². The fraction of sp³-hybridized carbons (Fsp3) is 0.0526. The molecular weight excluding hydrogens is 228 g/mol. The molecule has 0 nitrogen and oxygen atoms in total. The predicted molar refractivity (Wildman–Crippen MR) is 86.0 cm³/mol. The first-order valence-corrected chi connectivity index (χ1v) is 6.36. The first-order chi connectivity index (χ1) is 9.36. The summed E-state index contributed by atoms with van der Waals surface area (Å²) >= 11 is 0. The van der Waals surface area contributed by atoms with E-state index in [2.05, 4.69) is 37.4 Å². The van der Waals surface area contributed by atoms with Crippen LogP contribution in [0, 0.1) is 0 Å². The van der Waals surface area contributed by atoms with Gasteiger partial charge in [-0.1, -0.05) is 91.5 Å². The molecule has 2 aromatic rings. The molecule has 0 heterocycles. The van der Waals surface area contributed by atoms with Gasteiger partial charge in [-0.25, -0.2) is 0 Å². The van der Waals surface area contributed by atoms with Crippen LogP contribution in [0.4, 0.5) is 0 Å². The SMILES string of the molecule is C=CC=Cc1ccccc1.C=CCc1ccccc1. The summed E-state index contributed by atoms with van der Waals surface area (Å²) in [6.45, 7) is 7.24. The Bertz CT molecular complexity index is 492. The molecule has 0 bridgehead atoms. The third kappa shape index (κ3) is 6.85. The molecule has 2 rings (SSSR count). The van der Waals surface area contributed by atoms with Gasteiger partial charge in [-0.3, -0.25) is 0 Å². The third-order valence-electron chi connectivity index (χ3n) is 2.45. The molecule has 0 amide bonds. The fourth-order valence-electron chi connectivity index (χ4n) is 1.52. The molecule has 0 N–H and O–H groups in total. The van der Waals surface area contributed by atoms with Crippen LogP contribution in [-0.2, 0) is 6.42 Å². The van der Waals surface area contributed by atoms with E-state index in [1.165, 1.54) is 11.1 Å². The second kappa shape index (κ2) is 9.67. The average molecular weight is 248 g/mol. The summed E-state index contributed by atoms with van der Waals surface area (Å²) in [6, 6.07) is 20.4. The molecule has 0 spiro atoms. The van der Waals surface area contributed by atoms with Gasteiger partial charge in [0, 0.05) is 0 Å². The van der Waals surface area contributed by atoms with E-state index in [0.29, 0.717) is 0 Å². The van der Waals surface area contributed by atoms with Crippen LogP contribution < -0.4 is 0 Å². The summed E-state index contributed by atoms with van der Waals surface area (Å²) in [5.74, 6) is 0. The molecule has 96 valence electrons. The molecular formula is C19H20. The zero-order chi connectivity index (χ0) is 13.8. The topological polar surface area (TPSA) is 0 Å². The Morgan fingerprint density at radius 1 is 0.789 bits per heavy atom. The highest BCUT2D eigenvalue weighted by Crippen LogP contribution is 2.00. The van der Waals surface area contributed by atoms with E-state index in [-0.39, 0.29) is 0 Å². The summed E-state index contributed by atoms with van der Waals surface area (Å²) in [4.78, 5) is 0. The fourth-order valence-corrected chi connectivity index (χ4v) is 1.52. The summed E-state index contributed by atoms with van der Waals surface area (Å²) in [5, 5.41) is 0. The normalized spacial score (nSPS) is 9.47. The highest BCUT2D eigenvalue weighted by Gasteiger charge is 1.82. The van der Waals surface area contributed by atoms with Crippen molar-refractivity contribution in [2.75, 3.05) is 0 Å². The van der Waals surface area contributed by atoms with Gasteiger partial charge in [0.15, 0.2) is 0 Å². The van der Waals surface area contributed by atoms with Crippen molar-refractivity contribution in [3.63, 3.8) is 0 Å². The number of hydrogen-bond donors (Lipinski definition) is 0. The van der Waals surface area contributed by atoms with Gasteiger partial charge in [-0.05, 0) is 17.5 Å². The average Bonchev–Trinajstić information content (AvgIpc) is 2.48. The van der Waals surface area contributed by atoms with Gasteiger partial charge in [-0.15, -0.1) is 6.58 Å². The van der Waals surface area contributed by atoms with E-state index in [1.54, 1.807) is 6.08 Å². The zero-order valence-electron chi connectivity index (χ0n) is 11.2. The number of benzene rings is 2. The quantitative estimate of drug-likeness (QED) is 0.508. The van der Waals surface area contributed by atoms with Gasteiger partial charge >= 0.3 is 0 Å². The first kappa shape index (κ1) is 14.7. The lowest BCUT2D eigenvalue weighted by molar-refractivity contribution is 1.28. The van der Waals surface area contributed by atoms with Gasteiger partial charge in [-0.2, -0.15) is 0 Å². The van der Waals surface area contributed by atoms with Crippen molar-refractivity contribution in [1.29, 1.82) is 0 Å². The van der Waals surface area contributed by atoms with Crippen LogP contribution in [0.1, 0.15) is 11.1 Å². The highest BCUT2D eigenvalue weighted by molar-refractivity contribution is 5.50. The van der Waals surface area contributed by atoms with E-state index < -0.39 is 0 Å². The lowest BCUT2D eigenvalue weighted by atomic mass is 10.2. The second-order valence-electron chi connectivity index (χ2n) is 3.98. The summed E-state index contributed by atoms with van der Waals surface area (Å²) < 4.78 is 0. The van der Waals surface area contributed by atoms with Crippen LogP contribution in [0.25, 0.3) is 6.08 Å². The molecule has 0 atom stereocenters. The molecule has 0 saturated carbocycles. The van der Waals surface area contributed by atoms with Gasteiger partial charge < -0.3 is 0 Å². The minimum absolute atomic E-state index is 0.973. The maximum atomic E-state index is 3.66. The van der Waals surface area contributed by atoms with Crippen LogP contribution in [-0.4, -0.2) is 0 Å². The molecule has 0 aliphatic heterocycles. The molecule has 0 fully saturated rings. The Kier molecular flexibility index (Phi) is 7.49. The molecule has 0 aliphatic rings. The van der Waals surface area contributed by atoms with E-state index in [0.717, 1.165) is 6.42 Å². The Labute approximate surface area is 116 Å². The molecule has 0 heteroatoms. The van der Waals surface area contributed by atoms with Crippen LogP contribution in [0.15, 0.2) is 92.0 Å². The maximum Gasteiger partial charge on any atom is -0.0100 e. The molecule has 0 aliphatic carbocycles. The molecule has 2 aromatic carbocycles. The van der Waals surface area contributed by atoms with Crippen molar-refractivity contribution < 1.29 is 0 Å². The van der Waals surface area contributed by atoms with E-state index in [9.17, 15) is 0 Å². The second-order valence-corrected chi connectivity index (χ2v) is 3.98. The predicted octanol–water partition coefficient (Wildman–Crippen LogP) is 5.30. The number of rotatable bonds is 4. The monoisotopic (exact) mass is 248 g/mol. The standard InChI is InChI=1S/C10H10.C9H10/c1-2-3-7-10-8-5-4-6-9-10;1-2-6-9-7-4-3-5-8-9/h2-9H,1H2;2-5,7-8H,1,6H2. The van der Waals surface area contributed by atoms with E-state index >= 15 is 0 Å². The van der Waals surface area contributed by atoms with Crippen LogP contribution in [0.2, 0.25) is 0 Å². The van der Waals surface area contributed by atoms with Crippen molar-refractivity contribution in [2.45, 2.75) is 6.42 Å². The van der Waals surface area contributed by atoms with Gasteiger partial charge in [0.2, 0.25) is 0 Å². The minimum Gasteiger partial charge on any atom is -0.103 e. The number of allylic oxidation sites excluding steroid dienone is 3. The zero-order valence-corrected chi connectivity index (χ0v) is 11.2. The van der Waals surface area contributed by atoms with Crippen LogP contribution in [0.3, 0.4) is 0 Å². The van der Waals surface area contributed by atoms with Gasteiger partial charge in [0.1, 0.15) is 0 Å². The Hall–Kier alpha value is -2.34. The molecule has 19 heavy (non-hydrogen) atoms. The molecule has 0 unspecified atom stereocenters. The molecule has 0 aromatic heterocycles. The largest absolute Gasteiger partial charge is 0.103 e. The summed E-state index contributed by atoms with van der Waals surface area (Å²) in [6.07, 6.45) is 8.60.